The summed E-state index contributed by atoms with van der Waals surface area (Å²) in [5.74, 6) is -0.288. The molecule has 3 nitrogen and oxygen atoms in total. The van der Waals surface area contributed by atoms with Crippen molar-refractivity contribution >= 4 is 48.2 Å². The van der Waals surface area contributed by atoms with Crippen LogP contribution >= 0.6 is 11.3 Å². The maximum absolute atomic E-state index is 13.8. The zero-order valence-electron chi connectivity index (χ0n) is 14.1. The second-order valence-electron chi connectivity index (χ2n) is 6.18. The number of hydrogen-bond donors (Lipinski definition) is 1. The molecule has 0 aliphatic heterocycles. The second-order valence-corrected chi connectivity index (χ2v) is 7.23. The lowest BCUT2D eigenvalue weighted by Gasteiger charge is -2.11. The van der Waals surface area contributed by atoms with Crippen LogP contribution in [0.3, 0.4) is 0 Å². The molecule has 0 bridgehead atoms. The minimum absolute atomic E-state index is 0.301. The third kappa shape index (κ3) is 2.80. The van der Waals surface area contributed by atoms with Crippen LogP contribution in [-0.2, 0) is 0 Å². The maximum Gasteiger partial charge on any atom is 0.196 e. The number of aromatic nitrogens is 1. The summed E-state index contributed by atoms with van der Waals surface area (Å²) in [6.07, 6.45) is 2.00. The van der Waals surface area contributed by atoms with Crippen molar-refractivity contribution in [3.8, 4) is 0 Å². The summed E-state index contributed by atoms with van der Waals surface area (Å²) in [5, 5.41) is 4.43. The third-order valence-corrected chi connectivity index (χ3v) is 5.53. The first-order chi connectivity index (χ1) is 12.6. The predicted octanol–water partition coefficient (Wildman–Crippen LogP) is 5.45. The van der Waals surface area contributed by atoms with Crippen molar-refractivity contribution in [3.05, 3.63) is 58.3 Å². The Bertz CT molecular complexity index is 1200. The number of hydrogen-bond acceptors (Lipinski definition) is 4. The highest BCUT2D eigenvalue weighted by Crippen LogP contribution is 2.34. The van der Waals surface area contributed by atoms with E-state index in [0.29, 0.717) is 36.9 Å². The largest absolute Gasteiger partial charge is 0.369 e. The lowest BCUT2D eigenvalue weighted by atomic mass is 10.1. The Hall–Kier alpha value is -2.60. The molecule has 6 heteroatoms. The second kappa shape index (κ2) is 6.61. The molecule has 0 fully saturated rings. The van der Waals surface area contributed by atoms with E-state index in [9.17, 15) is 13.6 Å². The fourth-order valence-electron chi connectivity index (χ4n) is 3.06. The van der Waals surface area contributed by atoms with Crippen LogP contribution in [0.5, 0.6) is 0 Å². The van der Waals surface area contributed by atoms with Gasteiger partial charge in [-0.2, -0.15) is 0 Å². The lowest BCUT2D eigenvalue weighted by Crippen LogP contribution is -2.08. The van der Waals surface area contributed by atoms with Crippen LogP contribution in [0.1, 0.15) is 19.8 Å². The number of benzene rings is 2. The Labute approximate surface area is 152 Å². The van der Waals surface area contributed by atoms with Crippen molar-refractivity contribution in [3.63, 3.8) is 0 Å². The minimum Gasteiger partial charge on any atom is -0.369 e. The predicted molar refractivity (Wildman–Crippen MR) is 104 cm³/mol. The molecule has 0 spiro atoms. The molecule has 2 aromatic carbocycles. The first kappa shape index (κ1) is 16.8. The molecule has 1 N–H and O–H groups in total. The van der Waals surface area contributed by atoms with E-state index in [-0.39, 0.29) is 5.43 Å². The van der Waals surface area contributed by atoms with Crippen molar-refractivity contribution in [2.75, 3.05) is 11.9 Å². The maximum atomic E-state index is 13.8. The summed E-state index contributed by atoms with van der Waals surface area (Å²) in [6.45, 7) is 2.82. The Morgan fingerprint density at radius 2 is 1.81 bits per heavy atom. The van der Waals surface area contributed by atoms with Crippen LogP contribution in [0.25, 0.3) is 31.1 Å². The average molecular weight is 370 g/mol. The number of nitrogens with zero attached hydrogens (tertiary/aromatic N) is 1. The van der Waals surface area contributed by atoms with Crippen molar-refractivity contribution in [2.24, 2.45) is 0 Å². The van der Waals surface area contributed by atoms with E-state index in [0.717, 1.165) is 19.4 Å². The normalized spacial score (nSPS) is 11.5. The van der Waals surface area contributed by atoms with Crippen LogP contribution in [0.2, 0.25) is 0 Å². The van der Waals surface area contributed by atoms with Crippen LogP contribution in [0, 0.1) is 11.6 Å². The van der Waals surface area contributed by atoms with E-state index in [1.54, 1.807) is 12.1 Å². The van der Waals surface area contributed by atoms with Gasteiger partial charge in [0.15, 0.2) is 5.43 Å². The summed E-state index contributed by atoms with van der Waals surface area (Å²) >= 11 is 1.37. The van der Waals surface area contributed by atoms with Gasteiger partial charge in [-0.25, -0.2) is 13.8 Å². The van der Waals surface area contributed by atoms with Gasteiger partial charge in [0.2, 0.25) is 0 Å². The highest BCUT2D eigenvalue weighted by atomic mass is 32.1. The minimum atomic E-state index is -0.466. The molecule has 132 valence electrons. The van der Waals surface area contributed by atoms with Gasteiger partial charge in [-0.1, -0.05) is 13.3 Å². The molecule has 2 heterocycles. The highest BCUT2D eigenvalue weighted by Gasteiger charge is 2.16. The van der Waals surface area contributed by atoms with Crippen LogP contribution in [0.4, 0.5) is 14.6 Å². The Morgan fingerprint density at radius 1 is 1.08 bits per heavy atom. The fraction of sp³-hybridized carbons (Fsp3) is 0.200. The highest BCUT2D eigenvalue weighted by molar-refractivity contribution is 7.25. The number of halogens is 2. The first-order valence-electron chi connectivity index (χ1n) is 8.47. The summed E-state index contributed by atoms with van der Waals surface area (Å²) in [6, 6.07) is 8.38. The summed E-state index contributed by atoms with van der Waals surface area (Å²) in [4.78, 5) is 17.7. The molecule has 0 radical (unpaired) electrons. The van der Waals surface area contributed by atoms with Gasteiger partial charge in [-0.15, -0.1) is 11.3 Å². The summed E-state index contributed by atoms with van der Waals surface area (Å²) < 4.78 is 28.8. The molecule has 4 aromatic rings. The van der Waals surface area contributed by atoms with Crippen LogP contribution in [0.15, 0.2) is 41.2 Å². The zero-order chi connectivity index (χ0) is 18.3. The van der Waals surface area contributed by atoms with E-state index >= 15 is 0 Å². The SMILES string of the molecule is CCCCNc1nc2ccc(F)cc2c2c(=O)c3cc(F)ccc3sc12. The van der Waals surface area contributed by atoms with Gasteiger partial charge in [0.1, 0.15) is 17.5 Å². The topological polar surface area (TPSA) is 42.0 Å². The Balaban J connectivity index is 2.13. The van der Waals surface area contributed by atoms with Crippen molar-refractivity contribution in [2.45, 2.75) is 19.8 Å². The molecule has 2 aromatic heterocycles. The number of nitrogens with one attached hydrogen (secondary N) is 1. The van der Waals surface area contributed by atoms with E-state index < -0.39 is 11.6 Å². The van der Waals surface area contributed by atoms with E-state index in [1.165, 1.54) is 35.6 Å². The van der Waals surface area contributed by atoms with Crippen molar-refractivity contribution in [1.82, 2.24) is 4.98 Å². The van der Waals surface area contributed by atoms with Gasteiger partial charge in [0.25, 0.3) is 0 Å². The molecule has 0 aliphatic carbocycles. The van der Waals surface area contributed by atoms with Gasteiger partial charge in [0, 0.05) is 22.0 Å². The molecule has 0 aliphatic rings. The third-order valence-electron chi connectivity index (χ3n) is 4.35. The van der Waals surface area contributed by atoms with Gasteiger partial charge < -0.3 is 5.32 Å². The van der Waals surface area contributed by atoms with Gasteiger partial charge in [-0.05, 0) is 42.8 Å². The lowest BCUT2D eigenvalue weighted by molar-refractivity contribution is 0.629. The number of rotatable bonds is 4. The zero-order valence-corrected chi connectivity index (χ0v) is 14.9. The number of anilines is 1. The molecule has 26 heavy (non-hydrogen) atoms. The van der Waals surface area contributed by atoms with Gasteiger partial charge in [-0.3, -0.25) is 4.79 Å². The molecular weight excluding hydrogens is 354 g/mol. The van der Waals surface area contributed by atoms with E-state index in [4.69, 9.17) is 0 Å². The van der Waals surface area contributed by atoms with Crippen LogP contribution < -0.4 is 10.7 Å². The number of fused-ring (bicyclic) bond motifs is 4. The molecule has 0 saturated heterocycles. The molecule has 0 saturated carbocycles. The fourth-order valence-corrected chi connectivity index (χ4v) is 4.20. The number of unbranched alkanes of at least 4 members (excludes halogenated alkanes) is 1. The smallest absolute Gasteiger partial charge is 0.196 e. The Morgan fingerprint density at radius 3 is 2.58 bits per heavy atom. The monoisotopic (exact) mass is 370 g/mol. The van der Waals surface area contributed by atoms with E-state index in [1.807, 2.05) is 0 Å². The van der Waals surface area contributed by atoms with Gasteiger partial charge >= 0.3 is 0 Å². The van der Waals surface area contributed by atoms with Crippen molar-refractivity contribution in [1.29, 1.82) is 0 Å². The molecule has 0 amide bonds. The number of pyridine rings is 1. The summed E-state index contributed by atoms with van der Waals surface area (Å²) in [7, 11) is 0. The first-order valence-corrected chi connectivity index (χ1v) is 9.29. The molecule has 4 rings (SSSR count). The van der Waals surface area contributed by atoms with Gasteiger partial charge in [0.05, 0.1) is 15.6 Å². The van der Waals surface area contributed by atoms with E-state index in [2.05, 4.69) is 17.2 Å². The molecule has 0 unspecified atom stereocenters. The standard InChI is InChI=1S/C20H16F2N2OS/c1-2-3-8-23-20-19-17(13-9-11(21)4-6-15(13)24-20)18(25)14-10-12(22)5-7-16(14)26-19/h4-7,9-10H,2-3,8H2,1H3,(H,23,24). The summed E-state index contributed by atoms with van der Waals surface area (Å²) in [5.41, 5.74) is 0.239. The van der Waals surface area contributed by atoms with Crippen LogP contribution in [-0.4, -0.2) is 11.5 Å². The molecular formula is C20H16F2N2OS. The Kier molecular flexibility index (Phi) is 4.28. The quantitative estimate of drug-likeness (QED) is 0.295. The molecule has 0 atom stereocenters. The average Bonchev–Trinajstić information content (AvgIpc) is 2.63. The van der Waals surface area contributed by atoms with Crippen molar-refractivity contribution < 1.29 is 8.78 Å².